The van der Waals surface area contributed by atoms with Gasteiger partial charge < -0.3 is 0 Å². The molecule has 4 heteroatoms. The Morgan fingerprint density at radius 2 is 1.55 bits per heavy atom. The second kappa shape index (κ2) is 8.15. The Kier molecular flexibility index (Phi) is 7.29. The lowest BCUT2D eigenvalue weighted by Gasteiger charge is -2.06. The molecule has 0 radical (unpaired) electrons. The molecule has 0 aliphatic rings. The average molecular weight is 275 g/mol. The molecule has 0 aromatic carbocycles. The fourth-order valence-corrected chi connectivity index (χ4v) is 1.44. The van der Waals surface area contributed by atoms with Crippen molar-refractivity contribution in [3.63, 3.8) is 0 Å². The first-order chi connectivity index (χ1) is 9.15. The zero-order valence-electron chi connectivity index (χ0n) is 12.6. The van der Waals surface area contributed by atoms with E-state index in [2.05, 4.69) is 18.2 Å². The molecule has 0 fully saturated rings. The van der Waals surface area contributed by atoms with E-state index in [4.69, 9.17) is 0 Å². The van der Waals surface area contributed by atoms with Crippen molar-refractivity contribution in [2.75, 3.05) is 0 Å². The molecule has 0 rings (SSSR count). The van der Waals surface area contributed by atoms with Crippen LogP contribution in [0.1, 0.15) is 40.5 Å². The highest BCUT2D eigenvalue weighted by molar-refractivity contribution is 6.68. The highest BCUT2D eigenvalue weighted by Gasteiger charge is 2.19. The predicted octanol–water partition coefficient (Wildman–Crippen LogP) is 2.99. The molecule has 4 nitrogen and oxygen atoms in total. The normalized spacial score (nSPS) is 12.0. The van der Waals surface area contributed by atoms with Gasteiger partial charge in [-0.1, -0.05) is 12.2 Å². The molecule has 0 bridgehead atoms. The van der Waals surface area contributed by atoms with Gasteiger partial charge in [0.05, 0.1) is 0 Å². The first kappa shape index (κ1) is 17.9. The van der Waals surface area contributed by atoms with E-state index in [0.29, 0.717) is 24.1 Å². The molecular formula is C16H21NO3. The summed E-state index contributed by atoms with van der Waals surface area (Å²) < 4.78 is 0. The van der Waals surface area contributed by atoms with Crippen molar-refractivity contribution in [3.8, 4) is 0 Å². The molecular weight excluding hydrogens is 254 g/mol. The highest BCUT2D eigenvalue weighted by Crippen LogP contribution is 2.11. The minimum Gasteiger partial charge on any atom is -0.295 e. The lowest BCUT2D eigenvalue weighted by molar-refractivity contribution is -0.115. The molecule has 0 heterocycles. The maximum Gasteiger partial charge on any atom is 0.210 e. The van der Waals surface area contributed by atoms with Gasteiger partial charge in [-0.05, 0) is 39.2 Å². The van der Waals surface area contributed by atoms with E-state index < -0.39 is 11.6 Å². The first-order valence-corrected chi connectivity index (χ1v) is 6.30. The smallest absolute Gasteiger partial charge is 0.210 e. The number of ketones is 3. The summed E-state index contributed by atoms with van der Waals surface area (Å²) in [5, 5.41) is 0. The van der Waals surface area contributed by atoms with E-state index in [9.17, 15) is 14.4 Å². The summed E-state index contributed by atoms with van der Waals surface area (Å²) in [5.74, 6) is -1.11. The first-order valence-electron chi connectivity index (χ1n) is 6.30. The number of hydrogen-bond acceptors (Lipinski definition) is 4. The molecule has 0 unspecified atom stereocenters. The van der Waals surface area contributed by atoms with Crippen molar-refractivity contribution in [1.29, 1.82) is 0 Å². The van der Waals surface area contributed by atoms with Crippen LogP contribution in [-0.2, 0) is 14.4 Å². The van der Waals surface area contributed by atoms with E-state index in [1.807, 2.05) is 6.92 Å². The monoisotopic (exact) mass is 275 g/mol. The van der Waals surface area contributed by atoms with Gasteiger partial charge in [-0.3, -0.25) is 14.4 Å². The molecule has 0 N–H and O–H groups in total. The quantitative estimate of drug-likeness (QED) is 0.296. The van der Waals surface area contributed by atoms with E-state index in [-0.39, 0.29) is 11.5 Å². The Bertz CT molecular complexity index is 522. The van der Waals surface area contributed by atoms with Crippen LogP contribution in [-0.4, -0.2) is 23.1 Å². The molecule has 0 saturated carbocycles. The van der Waals surface area contributed by atoms with Crippen LogP contribution >= 0.6 is 0 Å². The number of Topliss-reactive ketones (excluding diaryl/α,β-unsaturated/α-hetero) is 2. The van der Waals surface area contributed by atoms with Crippen molar-refractivity contribution >= 4 is 23.1 Å². The molecule has 0 aliphatic heterocycles. The van der Waals surface area contributed by atoms with Gasteiger partial charge in [0.15, 0.2) is 17.3 Å². The minimum atomic E-state index is -0.477. The zero-order valence-corrected chi connectivity index (χ0v) is 12.6. The Morgan fingerprint density at radius 1 is 1.00 bits per heavy atom. The minimum absolute atomic E-state index is 0.188. The summed E-state index contributed by atoms with van der Waals surface area (Å²) >= 11 is 0. The fraction of sp³-hybridized carbons (Fsp3) is 0.375. The van der Waals surface area contributed by atoms with Gasteiger partial charge in [0.25, 0.3) is 0 Å². The van der Waals surface area contributed by atoms with Crippen LogP contribution in [0.5, 0.6) is 0 Å². The summed E-state index contributed by atoms with van der Waals surface area (Å²) in [6.07, 6.45) is 2.35. The van der Waals surface area contributed by atoms with Crippen LogP contribution in [0.4, 0.5) is 0 Å². The Labute approximate surface area is 120 Å². The molecule has 108 valence electrons. The highest BCUT2D eigenvalue weighted by atomic mass is 16.2. The van der Waals surface area contributed by atoms with Crippen molar-refractivity contribution in [2.24, 2.45) is 4.99 Å². The summed E-state index contributed by atoms with van der Waals surface area (Å²) in [7, 11) is 0. The molecule has 20 heavy (non-hydrogen) atoms. The summed E-state index contributed by atoms with van der Waals surface area (Å²) in [5.41, 5.74) is 1.39. The average Bonchev–Trinajstić information content (AvgIpc) is 2.30. The lowest BCUT2D eigenvalue weighted by Crippen LogP contribution is -2.23. The number of hydrogen-bond donors (Lipinski definition) is 0. The third kappa shape index (κ3) is 6.73. The van der Waals surface area contributed by atoms with Gasteiger partial charge in [0, 0.05) is 18.7 Å². The molecule has 0 saturated heterocycles. The zero-order chi connectivity index (χ0) is 15.9. The maximum absolute atomic E-state index is 12.1. The fourth-order valence-electron chi connectivity index (χ4n) is 1.44. The van der Waals surface area contributed by atoms with Crippen LogP contribution in [0.15, 0.2) is 41.1 Å². The molecule has 0 amide bonds. The summed E-state index contributed by atoms with van der Waals surface area (Å²) in [6, 6.07) is 0. The predicted molar refractivity (Wildman–Crippen MR) is 80.7 cm³/mol. The van der Waals surface area contributed by atoms with Gasteiger partial charge in [0.2, 0.25) is 5.78 Å². The van der Waals surface area contributed by atoms with E-state index in [0.717, 1.165) is 5.57 Å². The Morgan fingerprint density at radius 3 is 1.95 bits per heavy atom. The maximum atomic E-state index is 12.1. The van der Waals surface area contributed by atoms with Crippen LogP contribution in [0, 0.1) is 0 Å². The van der Waals surface area contributed by atoms with E-state index >= 15 is 0 Å². The summed E-state index contributed by atoms with van der Waals surface area (Å²) in [6.45, 7) is 13.5. The van der Waals surface area contributed by atoms with Gasteiger partial charge >= 0.3 is 0 Å². The molecule has 0 aromatic heterocycles. The lowest BCUT2D eigenvalue weighted by atomic mass is 10.00. The van der Waals surface area contributed by atoms with Gasteiger partial charge in [-0.25, -0.2) is 4.99 Å². The molecule has 0 aromatic rings. The van der Waals surface area contributed by atoms with E-state index in [1.165, 1.54) is 19.9 Å². The van der Waals surface area contributed by atoms with Crippen molar-refractivity contribution in [3.05, 3.63) is 36.1 Å². The standard InChI is InChI=1S/C16H21NO3/c1-10(2)7-8-11(3)16(20)15(14(6)19)17-12(4)9-13(5)18/h9H,1,3,7-8H2,2,4-6H3. The van der Waals surface area contributed by atoms with Crippen molar-refractivity contribution in [2.45, 2.75) is 40.5 Å². The SMILES string of the molecule is C=C(C)CCC(=C)C(=O)C(=NC(C)=CC(C)=O)C(C)=O. The number of nitrogens with zero attached hydrogens (tertiary/aromatic N) is 1. The third-order valence-corrected chi connectivity index (χ3v) is 2.42. The number of carbonyl (C=O) groups excluding carboxylic acids is 3. The number of carbonyl (C=O) groups is 3. The van der Waals surface area contributed by atoms with Crippen LogP contribution < -0.4 is 0 Å². The van der Waals surface area contributed by atoms with Crippen LogP contribution in [0.25, 0.3) is 0 Å². The summed E-state index contributed by atoms with van der Waals surface area (Å²) in [4.78, 5) is 38.5. The van der Waals surface area contributed by atoms with Gasteiger partial charge in [-0.15, -0.1) is 6.58 Å². The van der Waals surface area contributed by atoms with E-state index in [1.54, 1.807) is 6.92 Å². The molecule has 0 aliphatic carbocycles. The topological polar surface area (TPSA) is 63.6 Å². The van der Waals surface area contributed by atoms with Crippen molar-refractivity contribution < 1.29 is 14.4 Å². The second-order valence-electron chi connectivity index (χ2n) is 4.80. The Balaban J connectivity index is 5.20. The largest absolute Gasteiger partial charge is 0.295 e. The molecule has 0 spiro atoms. The third-order valence-electron chi connectivity index (χ3n) is 2.42. The second-order valence-corrected chi connectivity index (χ2v) is 4.80. The van der Waals surface area contributed by atoms with Crippen LogP contribution in [0.3, 0.4) is 0 Å². The Hall–Kier alpha value is -2.10. The number of allylic oxidation sites excluding steroid dienone is 4. The van der Waals surface area contributed by atoms with Gasteiger partial charge in [0.1, 0.15) is 0 Å². The number of aliphatic imine (C=N–C) groups is 1. The van der Waals surface area contributed by atoms with Crippen LogP contribution in [0.2, 0.25) is 0 Å². The number of rotatable bonds is 8. The molecule has 0 atom stereocenters. The van der Waals surface area contributed by atoms with Gasteiger partial charge in [-0.2, -0.15) is 0 Å². The van der Waals surface area contributed by atoms with Crippen molar-refractivity contribution in [1.82, 2.24) is 0 Å².